The maximum Gasteiger partial charge on any atom is 0.0484 e. The molecule has 1 N–H and O–H groups in total. The summed E-state index contributed by atoms with van der Waals surface area (Å²) in [7, 11) is 4.18. The van der Waals surface area contributed by atoms with Crippen molar-refractivity contribution in [2.24, 2.45) is 7.05 Å². The Morgan fingerprint density at radius 3 is 2.54 bits per heavy atom. The summed E-state index contributed by atoms with van der Waals surface area (Å²) in [6, 6.07) is 15.6. The van der Waals surface area contributed by atoms with Crippen LogP contribution < -0.4 is 5.32 Å². The summed E-state index contributed by atoms with van der Waals surface area (Å²) in [5.41, 5.74) is 7.19. The van der Waals surface area contributed by atoms with Crippen LogP contribution in [0.1, 0.15) is 22.3 Å². The lowest BCUT2D eigenvalue weighted by Crippen LogP contribution is -2.15. The molecular formula is C21H25N3. The molecule has 0 spiro atoms. The van der Waals surface area contributed by atoms with Gasteiger partial charge in [0.2, 0.25) is 0 Å². The maximum absolute atomic E-state index is 3.26. The molecule has 0 radical (unpaired) electrons. The van der Waals surface area contributed by atoms with Gasteiger partial charge in [0, 0.05) is 43.8 Å². The Hall–Kier alpha value is -2.10. The Morgan fingerprint density at radius 2 is 1.79 bits per heavy atom. The van der Waals surface area contributed by atoms with Crippen LogP contribution in [-0.4, -0.2) is 23.1 Å². The first-order chi connectivity index (χ1) is 11.7. The van der Waals surface area contributed by atoms with Crippen LogP contribution in [0, 0.1) is 0 Å². The second-order valence-corrected chi connectivity index (χ2v) is 6.89. The normalized spacial score (nSPS) is 14.4. The van der Waals surface area contributed by atoms with Gasteiger partial charge in [-0.2, -0.15) is 0 Å². The first-order valence-corrected chi connectivity index (χ1v) is 8.75. The number of aryl methyl sites for hydroxylation is 1. The predicted molar refractivity (Wildman–Crippen MR) is 99.9 cm³/mol. The molecule has 0 bridgehead atoms. The smallest absolute Gasteiger partial charge is 0.0484 e. The maximum atomic E-state index is 3.26. The van der Waals surface area contributed by atoms with Gasteiger partial charge < -0.3 is 9.88 Å². The van der Waals surface area contributed by atoms with Crippen LogP contribution in [0.3, 0.4) is 0 Å². The Labute approximate surface area is 143 Å². The summed E-state index contributed by atoms with van der Waals surface area (Å²) in [6.07, 6.45) is 3.37. The fourth-order valence-electron chi connectivity index (χ4n) is 3.84. The quantitative estimate of drug-likeness (QED) is 0.777. The number of rotatable bonds is 5. The van der Waals surface area contributed by atoms with Crippen LogP contribution in [0.5, 0.6) is 0 Å². The average molecular weight is 319 g/mol. The number of fused-ring (bicyclic) bond motifs is 2. The van der Waals surface area contributed by atoms with E-state index in [2.05, 4.69) is 70.5 Å². The second kappa shape index (κ2) is 6.42. The van der Waals surface area contributed by atoms with Crippen LogP contribution in [0.2, 0.25) is 0 Å². The minimum absolute atomic E-state index is 1.02. The van der Waals surface area contributed by atoms with Gasteiger partial charge >= 0.3 is 0 Å². The number of aromatic nitrogens is 1. The van der Waals surface area contributed by atoms with E-state index in [1.807, 2.05) is 7.05 Å². The van der Waals surface area contributed by atoms with Gasteiger partial charge in [0.1, 0.15) is 0 Å². The monoisotopic (exact) mass is 319 g/mol. The average Bonchev–Trinajstić information content (AvgIpc) is 3.12. The van der Waals surface area contributed by atoms with Gasteiger partial charge in [-0.15, -0.1) is 0 Å². The van der Waals surface area contributed by atoms with E-state index in [-0.39, 0.29) is 0 Å². The van der Waals surface area contributed by atoms with E-state index in [1.165, 1.54) is 33.2 Å². The van der Waals surface area contributed by atoms with Gasteiger partial charge in [-0.05, 0) is 54.4 Å². The minimum Gasteiger partial charge on any atom is -0.350 e. The van der Waals surface area contributed by atoms with Crippen molar-refractivity contribution < 1.29 is 0 Å². The van der Waals surface area contributed by atoms with E-state index in [1.54, 1.807) is 0 Å². The number of hydrogen-bond donors (Lipinski definition) is 1. The molecule has 2 aromatic carbocycles. The molecule has 24 heavy (non-hydrogen) atoms. The summed E-state index contributed by atoms with van der Waals surface area (Å²) >= 11 is 0. The highest BCUT2D eigenvalue weighted by Gasteiger charge is 2.21. The third-order valence-corrected chi connectivity index (χ3v) is 5.07. The molecule has 0 aliphatic carbocycles. The molecule has 3 heteroatoms. The fourth-order valence-corrected chi connectivity index (χ4v) is 3.84. The Morgan fingerprint density at radius 1 is 1.04 bits per heavy atom. The third kappa shape index (κ3) is 2.85. The van der Waals surface area contributed by atoms with E-state index < -0.39 is 0 Å². The molecule has 3 aromatic rings. The Balaban J connectivity index is 1.60. The largest absolute Gasteiger partial charge is 0.350 e. The van der Waals surface area contributed by atoms with E-state index in [0.717, 1.165) is 32.6 Å². The molecule has 124 valence electrons. The summed E-state index contributed by atoms with van der Waals surface area (Å²) < 4.78 is 2.28. The van der Waals surface area contributed by atoms with Crippen molar-refractivity contribution in [1.82, 2.24) is 14.8 Å². The lowest BCUT2D eigenvalue weighted by Gasteiger charge is -2.14. The molecule has 0 fully saturated rings. The van der Waals surface area contributed by atoms with Crippen molar-refractivity contribution in [3.05, 3.63) is 70.9 Å². The van der Waals surface area contributed by atoms with Crippen molar-refractivity contribution >= 4 is 10.9 Å². The van der Waals surface area contributed by atoms with E-state index in [9.17, 15) is 0 Å². The summed E-state index contributed by atoms with van der Waals surface area (Å²) in [5.74, 6) is 0. The highest BCUT2D eigenvalue weighted by atomic mass is 15.1. The molecule has 4 rings (SSSR count). The number of hydrogen-bond acceptors (Lipinski definition) is 2. The van der Waals surface area contributed by atoms with Crippen LogP contribution in [0.4, 0.5) is 0 Å². The first kappa shape index (κ1) is 15.4. The van der Waals surface area contributed by atoms with Gasteiger partial charge in [0.25, 0.3) is 0 Å². The second-order valence-electron chi connectivity index (χ2n) is 6.89. The zero-order valence-electron chi connectivity index (χ0n) is 14.5. The number of nitrogens with zero attached hydrogens (tertiary/aromatic N) is 2. The van der Waals surface area contributed by atoms with E-state index >= 15 is 0 Å². The zero-order valence-corrected chi connectivity index (χ0v) is 14.5. The number of likely N-dealkylation sites (N-methyl/N-ethyl adjacent to an activating group) is 1. The molecular weight excluding hydrogens is 294 g/mol. The van der Waals surface area contributed by atoms with Gasteiger partial charge in [-0.25, -0.2) is 0 Å². The van der Waals surface area contributed by atoms with Crippen molar-refractivity contribution in [2.75, 3.05) is 13.6 Å². The van der Waals surface area contributed by atoms with Crippen LogP contribution >= 0.6 is 0 Å². The number of benzene rings is 2. The molecule has 0 atom stereocenters. The summed E-state index contributed by atoms with van der Waals surface area (Å²) in [4.78, 5) is 2.53. The lowest BCUT2D eigenvalue weighted by molar-refractivity contribution is 0.275. The van der Waals surface area contributed by atoms with Crippen molar-refractivity contribution in [1.29, 1.82) is 0 Å². The Kier molecular flexibility index (Phi) is 4.13. The summed E-state index contributed by atoms with van der Waals surface area (Å²) in [6.45, 7) is 4.16. The van der Waals surface area contributed by atoms with Crippen molar-refractivity contribution in [3.8, 4) is 0 Å². The molecule has 2 heterocycles. The Bertz CT molecular complexity index is 848. The molecule has 0 amide bonds. The van der Waals surface area contributed by atoms with Crippen molar-refractivity contribution in [2.45, 2.75) is 26.1 Å². The third-order valence-electron chi connectivity index (χ3n) is 5.07. The van der Waals surface area contributed by atoms with Crippen LogP contribution in [-0.2, 0) is 33.1 Å². The van der Waals surface area contributed by atoms with Gasteiger partial charge in [-0.3, -0.25) is 4.90 Å². The van der Waals surface area contributed by atoms with Crippen molar-refractivity contribution in [3.63, 3.8) is 0 Å². The molecule has 1 aliphatic rings. The van der Waals surface area contributed by atoms with Crippen LogP contribution in [0.15, 0.2) is 48.7 Å². The number of nitrogens with one attached hydrogen (secondary N) is 1. The lowest BCUT2D eigenvalue weighted by atomic mass is 10.0. The van der Waals surface area contributed by atoms with Gasteiger partial charge in [0.15, 0.2) is 0 Å². The zero-order chi connectivity index (χ0) is 16.5. The van der Waals surface area contributed by atoms with Crippen LogP contribution in [0.25, 0.3) is 10.9 Å². The van der Waals surface area contributed by atoms with Gasteiger partial charge in [0.05, 0.1) is 0 Å². The molecule has 1 aliphatic heterocycles. The fraction of sp³-hybridized carbons (Fsp3) is 0.333. The topological polar surface area (TPSA) is 20.2 Å². The van der Waals surface area contributed by atoms with E-state index in [4.69, 9.17) is 0 Å². The highest BCUT2D eigenvalue weighted by molar-refractivity contribution is 5.85. The molecule has 0 saturated carbocycles. The SMILES string of the molecule is CNCCc1cn(C)c2cc3c(cc12)CN(Cc1ccccc1)C3. The van der Waals surface area contributed by atoms with E-state index in [0.29, 0.717) is 0 Å². The van der Waals surface area contributed by atoms with Gasteiger partial charge in [-0.1, -0.05) is 30.3 Å². The first-order valence-electron chi connectivity index (χ1n) is 8.75. The molecule has 0 saturated heterocycles. The molecule has 1 aromatic heterocycles. The minimum atomic E-state index is 1.02. The highest BCUT2D eigenvalue weighted by Crippen LogP contribution is 2.31. The molecule has 0 unspecified atom stereocenters. The predicted octanol–water partition coefficient (Wildman–Crippen LogP) is 3.46. The summed E-state index contributed by atoms with van der Waals surface area (Å²) in [5, 5.41) is 4.68. The standard InChI is InChI=1S/C21H25N3/c1-22-9-8-17-13-23(2)21-11-19-15-24(14-18(19)10-20(17)21)12-16-6-4-3-5-7-16/h3-7,10-11,13,22H,8-9,12,14-15H2,1-2H3. The molecule has 3 nitrogen and oxygen atoms in total.